The van der Waals surface area contributed by atoms with Crippen LogP contribution in [0.15, 0.2) is 28.3 Å². The van der Waals surface area contributed by atoms with E-state index in [1.807, 2.05) is 7.05 Å². The second-order valence-electron chi connectivity index (χ2n) is 3.69. The van der Waals surface area contributed by atoms with Crippen LogP contribution in [0, 0.1) is 5.92 Å². The Balaban J connectivity index is 5.25. The Morgan fingerprint density at radius 3 is 2.40 bits per heavy atom. The highest BCUT2D eigenvalue weighted by Crippen LogP contribution is 2.21. The van der Waals surface area contributed by atoms with E-state index in [1.54, 1.807) is 0 Å². The van der Waals surface area contributed by atoms with E-state index >= 15 is 0 Å². The van der Waals surface area contributed by atoms with Crippen LogP contribution in [0.1, 0.15) is 34.1 Å². The van der Waals surface area contributed by atoms with E-state index in [4.69, 9.17) is 0 Å². The maximum atomic E-state index is 4.34. The molecular weight excluding hydrogens is 297 g/mol. The molecule has 0 aromatic rings. The van der Waals surface area contributed by atoms with Crippen LogP contribution in [0.4, 0.5) is 0 Å². The average molecular weight is 319 g/mol. The van der Waals surface area contributed by atoms with E-state index in [0.717, 1.165) is 4.43 Å². The highest BCUT2D eigenvalue weighted by Gasteiger charge is 2.10. The molecule has 0 amide bonds. The summed E-state index contributed by atoms with van der Waals surface area (Å²) in [5.41, 5.74) is 3.99. The number of halogens is 1. The molecule has 0 fully saturated rings. The first-order chi connectivity index (χ1) is 7.12. The summed E-state index contributed by atoms with van der Waals surface area (Å²) < 4.78 is 0.984. The fourth-order valence-corrected chi connectivity index (χ4v) is 2.47. The van der Waals surface area contributed by atoms with E-state index < -0.39 is 0 Å². The number of alkyl halides is 1. The molecule has 1 unspecified atom stereocenters. The zero-order chi connectivity index (χ0) is 11.8. The number of hydrogen-bond acceptors (Lipinski definition) is 1. The Kier molecular flexibility index (Phi) is 8.02. The lowest BCUT2D eigenvalue weighted by atomic mass is 9.92. The monoisotopic (exact) mass is 319 g/mol. The standard InChI is InChI=1S/C13H22IN/c1-6-8-12(10(3)7-2)11(4)13(9-14)15-5/h6,8,10H,7,9H2,1-5H3/b8-6-,12-11-,15-13-. The lowest BCUT2D eigenvalue weighted by Crippen LogP contribution is -2.08. The summed E-state index contributed by atoms with van der Waals surface area (Å²) in [4.78, 5) is 4.34. The first-order valence-corrected chi connectivity index (χ1v) is 7.00. The fourth-order valence-electron chi connectivity index (χ4n) is 1.55. The van der Waals surface area contributed by atoms with Crippen LogP contribution in [-0.4, -0.2) is 17.2 Å². The van der Waals surface area contributed by atoms with Gasteiger partial charge in [-0.15, -0.1) is 0 Å². The summed E-state index contributed by atoms with van der Waals surface area (Å²) in [6.45, 7) is 8.76. The molecule has 0 aromatic carbocycles. The van der Waals surface area contributed by atoms with E-state index in [2.05, 4.69) is 67.4 Å². The van der Waals surface area contributed by atoms with Gasteiger partial charge in [-0.3, -0.25) is 4.99 Å². The van der Waals surface area contributed by atoms with Gasteiger partial charge in [-0.05, 0) is 37.3 Å². The second-order valence-corrected chi connectivity index (χ2v) is 4.46. The lowest BCUT2D eigenvalue weighted by Gasteiger charge is -2.15. The highest BCUT2D eigenvalue weighted by atomic mass is 127. The minimum Gasteiger partial charge on any atom is -0.292 e. The highest BCUT2D eigenvalue weighted by molar-refractivity contribution is 14.1. The van der Waals surface area contributed by atoms with Gasteiger partial charge in [0.2, 0.25) is 0 Å². The zero-order valence-corrected chi connectivity index (χ0v) is 12.6. The summed E-state index contributed by atoms with van der Waals surface area (Å²) in [6, 6.07) is 0. The predicted octanol–water partition coefficient (Wildman–Crippen LogP) is 4.43. The van der Waals surface area contributed by atoms with Crippen molar-refractivity contribution in [2.45, 2.75) is 34.1 Å². The topological polar surface area (TPSA) is 12.4 Å². The maximum Gasteiger partial charge on any atom is 0.0474 e. The van der Waals surface area contributed by atoms with Gasteiger partial charge >= 0.3 is 0 Å². The van der Waals surface area contributed by atoms with Crippen molar-refractivity contribution in [1.29, 1.82) is 0 Å². The van der Waals surface area contributed by atoms with Crippen molar-refractivity contribution in [2.75, 3.05) is 11.5 Å². The quantitative estimate of drug-likeness (QED) is 0.308. The van der Waals surface area contributed by atoms with Gasteiger partial charge < -0.3 is 0 Å². The first-order valence-electron chi connectivity index (χ1n) is 5.47. The van der Waals surface area contributed by atoms with Crippen LogP contribution in [-0.2, 0) is 0 Å². The van der Waals surface area contributed by atoms with Crippen molar-refractivity contribution >= 4 is 28.3 Å². The molecule has 0 saturated heterocycles. The van der Waals surface area contributed by atoms with Crippen LogP contribution in [0.5, 0.6) is 0 Å². The van der Waals surface area contributed by atoms with Crippen molar-refractivity contribution in [3.05, 3.63) is 23.3 Å². The van der Waals surface area contributed by atoms with E-state index in [1.165, 1.54) is 23.3 Å². The Hall–Kier alpha value is -0.120. The van der Waals surface area contributed by atoms with Crippen LogP contribution >= 0.6 is 22.6 Å². The van der Waals surface area contributed by atoms with Gasteiger partial charge in [0.05, 0.1) is 0 Å². The van der Waals surface area contributed by atoms with Gasteiger partial charge in [-0.2, -0.15) is 0 Å². The molecule has 0 rings (SSSR count). The van der Waals surface area contributed by atoms with Gasteiger partial charge in [-0.1, -0.05) is 48.6 Å². The minimum absolute atomic E-state index is 0.612. The van der Waals surface area contributed by atoms with Crippen LogP contribution in [0.2, 0.25) is 0 Å². The molecule has 0 N–H and O–H groups in total. The van der Waals surface area contributed by atoms with E-state index in [9.17, 15) is 0 Å². The fraction of sp³-hybridized carbons (Fsp3) is 0.615. The van der Waals surface area contributed by atoms with Crippen molar-refractivity contribution in [3.8, 4) is 0 Å². The summed E-state index contributed by atoms with van der Waals surface area (Å²) in [5.74, 6) is 0.612. The molecule has 86 valence electrons. The summed E-state index contributed by atoms with van der Waals surface area (Å²) in [7, 11) is 1.88. The number of allylic oxidation sites excluding steroid dienone is 4. The second kappa shape index (κ2) is 8.08. The summed E-state index contributed by atoms with van der Waals surface area (Å²) in [6.07, 6.45) is 5.52. The van der Waals surface area contributed by atoms with Gasteiger partial charge in [0.25, 0.3) is 0 Å². The van der Waals surface area contributed by atoms with Crippen molar-refractivity contribution in [3.63, 3.8) is 0 Å². The molecule has 0 aromatic heterocycles. The normalized spacial score (nSPS) is 16.8. The molecule has 2 heteroatoms. The Morgan fingerprint density at radius 1 is 1.47 bits per heavy atom. The smallest absolute Gasteiger partial charge is 0.0474 e. The van der Waals surface area contributed by atoms with E-state index in [-0.39, 0.29) is 0 Å². The lowest BCUT2D eigenvalue weighted by molar-refractivity contribution is 0.666. The predicted molar refractivity (Wildman–Crippen MR) is 79.2 cm³/mol. The summed E-state index contributed by atoms with van der Waals surface area (Å²) in [5, 5.41) is 0. The average Bonchev–Trinajstić information content (AvgIpc) is 2.26. The van der Waals surface area contributed by atoms with Gasteiger partial charge in [-0.25, -0.2) is 0 Å². The summed E-state index contributed by atoms with van der Waals surface area (Å²) >= 11 is 2.37. The zero-order valence-electron chi connectivity index (χ0n) is 10.5. The molecular formula is C13H22IN. The van der Waals surface area contributed by atoms with E-state index in [0.29, 0.717) is 5.92 Å². The molecule has 0 heterocycles. The molecule has 0 bridgehead atoms. The SMILES string of the molecule is C\C=C/C(=C(C)/C(CI)=N\C)C(C)CC. The molecule has 0 aliphatic carbocycles. The van der Waals surface area contributed by atoms with Gasteiger partial charge in [0, 0.05) is 17.2 Å². The molecule has 0 radical (unpaired) electrons. The minimum atomic E-state index is 0.612. The van der Waals surface area contributed by atoms with Gasteiger partial charge in [0.15, 0.2) is 0 Å². The van der Waals surface area contributed by atoms with Crippen molar-refractivity contribution in [2.24, 2.45) is 10.9 Å². The molecule has 0 spiro atoms. The molecule has 1 atom stereocenters. The molecule has 1 nitrogen and oxygen atoms in total. The van der Waals surface area contributed by atoms with Crippen LogP contribution in [0.3, 0.4) is 0 Å². The number of hydrogen-bond donors (Lipinski definition) is 0. The van der Waals surface area contributed by atoms with Crippen molar-refractivity contribution < 1.29 is 0 Å². The first kappa shape index (κ1) is 14.9. The number of rotatable bonds is 5. The molecule has 0 aliphatic rings. The Morgan fingerprint density at radius 2 is 2.07 bits per heavy atom. The number of aliphatic imine (C=N–C) groups is 1. The van der Waals surface area contributed by atoms with Crippen LogP contribution < -0.4 is 0 Å². The molecule has 15 heavy (non-hydrogen) atoms. The third-order valence-electron chi connectivity index (χ3n) is 2.75. The number of nitrogens with zero attached hydrogens (tertiary/aromatic N) is 1. The van der Waals surface area contributed by atoms with Gasteiger partial charge in [0.1, 0.15) is 0 Å². The Labute approximate surface area is 108 Å². The molecule has 0 aliphatic heterocycles. The third kappa shape index (κ3) is 4.49. The largest absolute Gasteiger partial charge is 0.292 e. The third-order valence-corrected chi connectivity index (χ3v) is 3.47. The van der Waals surface area contributed by atoms with Crippen LogP contribution in [0.25, 0.3) is 0 Å². The Bertz CT molecular complexity index is 274. The maximum absolute atomic E-state index is 4.34. The molecule has 0 saturated carbocycles. The van der Waals surface area contributed by atoms with Crippen molar-refractivity contribution in [1.82, 2.24) is 0 Å².